The fraction of sp³-hybridized carbons (Fsp3) is 0.333. The number of aromatic nitrogens is 1. The molecule has 156 valence electrons. The largest absolute Gasteiger partial charge is 0.503 e. The van der Waals surface area contributed by atoms with E-state index in [9.17, 15) is 14.7 Å². The lowest BCUT2D eigenvalue weighted by Crippen LogP contribution is -2.33. The summed E-state index contributed by atoms with van der Waals surface area (Å²) >= 11 is 1.52. The van der Waals surface area contributed by atoms with E-state index in [-0.39, 0.29) is 17.3 Å². The van der Waals surface area contributed by atoms with Gasteiger partial charge in [0.25, 0.3) is 5.91 Å². The van der Waals surface area contributed by atoms with E-state index >= 15 is 0 Å². The lowest BCUT2D eigenvalue weighted by Gasteiger charge is -2.26. The van der Waals surface area contributed by atoms with E-state index < -0.39 is 17.7 Å². The molecule has 30 heavy (non-hydrogen) atoms. The molecule has 0 radical (unpaired) electrons. The molecule has 1 aromatic carbocycles. The summed E-state index contributed by atoms with van der Waals surface area (Å²) in [5, 5.41) is 13.8. The van der Waals surface area contributed by atoms with Crippen LogP contribution < -0.4 is 0 Å². The number of thiophene rings is 1. The van der Waals surface area contributed by atoms with Crippen molar-refractivity contribution in [3.8, 4) is 0 Å². The van der Waals surface area contributed by atoms with Crippen molar-refractivity contribution in [3.63, 3.8) is 0 Å². The zero-order valence-corrected chi connectivity index (χ0v) is 18.3. The Hall–Kier alpha value is -2.86. The summed E-state index contributed by atoms with van der Waals surface area (Å²) in [5.41, 5.74) is 3.44. The lowest BCUT2D eigenvalue weighted by molar-refractivity contribution is -0.129. The quantitative estimate of drug-likeness (QED) is 0.557. The number of para-hydroxylation sites is 1. The van der Waals surface area contributed by atoms with Crippen LogP contribution in [0.2, 0.25) is 0 Å². The van der Waals surface area contributed by atoms with Gasteiger partial charge in [-0.15, -0.1) is 11.3 Å². The average Bonchev–Trinajstić information content (AvgIpc) is 3.37. The number of aliphatic hydroxyl groups is 1. The van der Waals surface area contributed by atoms with Crippen LogP contribution in [-0.2, 0) is 16.0 Å². The molecule has 1 aliphatic heterocycles. The SMILES string of the molecule is Cc1ccsc1C1C(C(=O)CC(C)C)=C(O)C(=O)N1CCc1c[nH]c2ccccc12. The van der Waals surface area contributed by atoms with Gasteiger partial charge in [-0.3, -0.25) is 9.59 Å². The Morgan fingerprint density at radius 1 is 1.27 bits per heavy atom. The number of carbonyl (C=O) groups is 2. The van der Waals surface area contributed by atoms with E-state index in [0.29, 0.717) is 19.4 Å². The topological polar surface area (TPSA) is 73.4 Å². The first-order valence-corrected chi connectivity index (χ1v) is 11.1. The molecule has 2 aromatic heterocycles. The number of nitrogens with one attached hydrogen (secondary N) is 1. The number of carbonyl (C=O) groups excluding carboxylic acids is 2. The predicted molar refractivity (Wildman–Crippen MR) is 120 cm³/mol. The number of amides is 1. The number of hydrogen-bond donors (Lipinski definition) is 2. The van der Waals surface area contributed by atoms with E-state index in [1.807, 2.05) is 56.6 Å². The van der Waals surface area contributed by atoms with Crippen LogP contribution >= 0.6 is 11.3 Å². The summed E-state index contributed by atoms with van der Waals surface area (Å²) in [6, 6.07) is 9.52. The minimum absolute atomic E-state index is 0.150. The number of H-pyrrole nitrogens is 1. The third-order valence-electron chi connectivity index (χ3n) is 5.64. The third-order valence-corrected chi connectivity index (χ3v) is 6.72. The number of Topliss-reactive ketones (excluding diaryl/α,β-unsaturated/α-hetero) is 1. The van der Waals surface area contributed by atoms with E-state index in [1.54, 1.807) is 4.90 Å². The summed E-state index contributed by atoms with van der Waals surface area (Å²) in [7, 11) is 0. The van der Waals surface area contributed by atoms with Gasteiger partial charge >= 0.3 is 0 Å². The van der Waals surface area contributed by atoms with Crippen LogP contribution in [0, 0.1) is 12.8 Å². The van der Waals surface area contributed by atoms with Crippen LogP contribution in [0.3, 0.4) is 0 Å². The predicted octanol–water partition coefficient (Wildman–Crippen LogP) is 5.09. The molecule has 0 saturated carbocycles. The molecule has 1 unspecified atom stereocenters. The number of rotatable bonds is 7. The van der Waals surface area contributed by atoms with Crippen molar-refractivity contribution >= 4 is 33.9 Å². The molecule has 3 aromatic rings. The van der Waals surface area contributed by atoms with Gasteiger partial charge in [0.05, 0.1) is 11.6 Å². The summed E-state index contributed by atoms with van der Waals surface area (Å²) < 4.78 is 0. The van der Waals surface area contributed by atoms with Crippen LogP contribution in [-0.4, -0.2) is 33.2 Å². The number of fused-ring (bicyclic) bond motifs is 1. The maximum atomic E-state index is 13.0. The van der Waals surface area contributed by atoms with Gasteiger partial charge in [0.1, 0.15) is 0 Å². The number of aromatic amines is 1. The summed E-state index contributed by atoms with van der Waals surface area (Å²) in [6.45, 7) is 6.33. The van der Waals surface area contributed by atoms with Crippen molar-refractivity contribution in [1.29, 1.82) is 0 Å². The highest BCUT2D eigenvalue weighted by Crippen LogP contribution is 2.42. The molecule has 0 fully saturated rings. The monoisotopic (exact) mass is 422 g/mol. The molecule has 0 spiro atoms. The van der Waals surface area contributed by atoms with Gasteiger partial charge in [0.15, 0.2) is 11.5 Å². The number of aryl methyl sites for hydroxylation is 1. The highest BCUT2D eigenvalue weighted by Gasteiger charge is 2.44. The Morgan fingerprint density at radius 3 is 2.73 bits per heavy atom. The Kier molecular flexibility index (Phi) is 5.52. The molecule has 6 heteroatoms. The first-order valence-electron chi connectivity index (χ1n) is 10.2. The van der Waals surface area contributed by atoms with Gasteiger partial charge in [-0.1, -0.05) is 32.0 Å². The van der Waals surface area contributed by atoms with Crippen LogP contribution in [0.25, 0.3) is 10.9 Å². The fourth-order valence-corrected chi connectivity index (χ4v) is 5.21. The highest BCUT2D eigenvalue weighted by molar-refractivity contribution is 7.10. The second kappa shape index (κ2) is 8.11. The molecule has 3 heterocycles. The molecule has 1 atom stereocenters. The van der Waals surface area contributed by atoms with Crippen LogP contribution in [0.4, 0.5) is 0 Å². The molecule has 5 nitrogen and oxygen atoms in total. The first kappa shape index (κ1) is 20.4. The molecule has 1 amide bonds. The maximum Gasteiger partial charge on any atom is 0.290 e. The van der Waals surface area contributed by atoms with E-state index in [1.165, 1.54) is 11.3 Å². The van der Waals surface area contributed by atoms with Gasteiger partial charge in [0.2, 0.25) is 0 Å². The number of nitrogens with zero attached hydrogens (tertiary/aromatic N) is 1. The second-order valence-electron chi connectivity index (χ2n) is 8.26. The van der Waals surface area contributed by atoms with E-state index in [2.05, 4.69) is 11.1 Å². The van der Waals surface area contributed by atoms with Gasteiger partial charge < -0.3 is 15.0 Å². The first-order chi connectivity index (χ1) is 14.4. The van der Waals surface area contributed by atoms with Gasteiger partial charge in [-0.05, 0) is 47.9 Å². The Bertz CT molecular complexity index is 1140. The van der Waals surface area contributed by atoms with Crippen molar-refractivity contribution in [2.45, 2.75) is 39.7 Å². The smallest absolute Gasteiger partial charge is 0.290 e. The zero-order valence-electron chi connectivity index (χ0n) is 17.4. The Labute approximate surface area is 180 Å². The molecular formula is C24H26N2O3S. The van der Waals surface area contributed by atoms with E-state index in [4.69, 9.17) is 0 Å². The zero-order chi connectivity index (χ0) is 21.4. The number of benzene rings is 1. The molecule has 0 aliphatic carbocycles. The molecule has 0 bridgehead atoms. The number of ketones is 1. The molecular weight excluding hydrogens is 396 g/mol. The summed E-state index contributed by atoms with van der Waals surface area (Å²) in [4.78, 5) is 31.9. The fourth-order valence-electron chi connectivity index (χ4n) is 4.17. The summed E-state index contributed by atoms with van der Waals surface area (Å²) in [5.74, 6) is -0.848. The lowest BCUT2D eigenvalue weighted by atomic mass is 9.94. The van der Waals surface area contributed by atoms with Crippen LogP contribution in [0.5, 0.6) is 0 Å². The molecule has 4 rings (SSSR count). The molecule has 1 aliphatic rings. The van der Waals surface area contributed by atoms with E-state index in [0.717, 1.165) is 26.9 Å². The van der Waals surface area contributed by atoms with Crippen molar-refractivity contribution in [2.75, 3.05) is 6.54 Å². The highest BCUT2D eigenvalue weighted by atomic mass is 32.1. The second-order valence-corrected chi connectivity index (χ2v) is 9.21. The van der Waals surface area contributed by atoms with Gasteiger partial charge in [-0.25, -0.2) is 0 Å². The van der Waals surface area contributed by atoms with Crippen molar-refractivity contribution in [3.05, 3.63) is 69.2 Å². The summed E-state index contributed by atoms with van der Waals surface area (Å²) in [6.07, 6.45) is 2.91. The Morgan fingerprint density at radius 2 is 2.03 bits per heavy atom. The van der Waals surface area contributed by atoms with Crippen LogP contribution in [0.1, 0.15) is 42.3 Å². The third kappa shape index (κ3) is 3.56. The molecule has 2 N–H and O–H groups in total. The standard InChI is InChI=1S/C24H26N2O3S/c1-14(2)12-19(27)20-21(23-15(3)9-11-30-23)26(24(29)22(20)28)10-8-16-13-25-18-7-5-4-6-17(16)18/h4-7,9,11,13-14,21,25,28H,8,10,12H2,1-3H3. The number of hydrogen-bond acceptors (Lipinski definition) is 4. The minimum Gasteiger partial charge on any atom is -0.503 e. The van der Waals surface area contributed by atoms with Crippen molar-refractivity contribution in [1.82, 2.24) is 9.88 Å². The van der Waals surface area contributed by atoms with Crippen molar-refractivity contribution < 1.29 is 14.7 Å². The molecule has 0 saturated heterocycles. The maximum absolute atomic E-state index is 13.0. The van der Waals surface area contributed by atoms with Gasteiger partial charge in [-0.2, -0.15) is 0 Å². The minimum atomic E-state index is -0.519. The van der Waals surface area contributed by atoms with Crippen molar-refractivity contribution in [2.24, 2.45) is 5.92 Å². The average molecular weight is 423 g/mol. The Balaban J connectivity index is 1.67. The normalized spacial score (nSPS) is 17.0. The van der Waals surface area contributed by atoms with Gasteiger partial charge in [0, 0.05) is 34.9 Å². The van der Waals surface area contributed by atoms with Crippen LogP contribution in [0.15, 0.2) is 53.2 Å². The number of aliphatic hydroxyl groups excluding tert-OH is 1.